The van der Waals surface area contributed by atoms with Gasteiger partial charge < -0.3 is 14.0 Å². The predicted molar refractivity (Wildman–Crippen MR) is 107 cm³/mol. The van der Waals surface area contributed by atoms with Gasteiger partial charge in [0, 0.05) is 12.0 Å². The van der Waals surface area contributed by atoms with Crippen molar-refractivity contribution in [1.82, 2.24) is 4.98 Å². The lowest BCUT2D eigenvalue weighted by atomic mass is 10.0. The van der Waals surface area contributed by atoms with E-state index < -0.39 is 16.1 Å². The lowest BCUT2D eigenvalue weighted by Crippen LogP contribution is -2.29. The second-order valence-electron chi connectivity index (χ2n) is 6.99. The maximum Gasteiger partial charge on any atom is 0.349 e. The maximum absolute atomic E-state index is 12.6. The first-order chi connectivity index (χ1) is 12.8. The molecule has 0 spiro atoms. The SMILES string of the molecule is CCOC(=O)c1cnc([C@H]2CC(=N[S@+]([O-])C(C)(C)C)c3ccccc3O2)s1. The molecule has 0 saturated heterocycles. The average Bonchev–Trinajstić information content (AvgIpc) is 3.11. The van der Waals surface area contributed by atoms with Gasteiger partial charge in [-0.25, -0.2) is 9.78 Å². The number of rotatable bonds is 4. The van der Waals surface area contributed by atoms with E-state index in [-0.39, 0.29) is 12.1 Å². The van der Waals surface area contributed by atoms with Crippen molar-refractivity contribution in [3.05, 3.63) is 45.9 Å². The van der Waals surface area contributed by atoms with E-state index in [4.69, 9.17) is 9.47 Å². The Hall–Kier alpha value is -1.90. The molecule has 1 aliphatic rings. The average molecular weight is 407 g/mol. The number of ether oxygens (including phenoxy) is 2. The normalized spacial score (nSPS) is 19.3. The van der Waals surface area contributed by atoms with Crippen LogP contribution in [0.2, 0.25) is 0 Å². The van der Waals surface area contributed by atoms with E-state index in [9.17, 15) is 9.35 Å². The van der Waals surface area contributed by atoms with Gasteiger partial charge in [0.2, 0.25) is 0 Å². The minimum atomic E-state index is -1.38. The number of nitrogens with zero attached hydrogens (tertiary/aromatic N) is 2. The Morgan fingerprint density at radius 1 is 1.44 bits per heavy atom. The van der Waals surface area contributed by atoms with Crippen molar-refractivity contribution in [1.29, 1.82) is 0 Å². The molecule has 144 valence electrons. The molecule has 0 aliphatic carbocycles. The van der Waals surface area contributed by atoms with Crippen LogP contribution in [0.1, 0.15) is 60.5 Å². The van der Waals surface area contributed by atoms with Crippen molar-refractivity contribution in [3.8, 4) is 5.75 Å². The fraction of sp³-hybridized carbons (Fsp3) is 0.421. The predicted octanol–water partition coefficient (Wildman–Crippen LogP) is 4.09. The van der Waals surface area contributed by atoms with Crippen molar-refractivity contribution < 1.29 is 18.8 Å². The highest BCUT2D eigenvalue weighted by atomic mass is 32.2. The standard InChI is InChI=1S/C19H22N2O4S2/c1-5-24-18(22)16-11-20-17(26-16)15-10-13(21-27(23)19(2,3)4)12-8-6-7-9-14(12)25-15/h6-9,11,15H,5,10H2,1-4H3/t15-,27-/m1/s1. The monoisotopic (exact) mass is 406 g/mol. The molecule has 27 heavy (non-hydrogen) atoms. The zero-order chi connectivity index (χ0) is 19.6. The number of thiazole rings is 1. The van der Waals surface area contributed by atoms with Crippen LogP contribution >= 0.6 is 11.3 Å². The summed E-state index contributed by atoms with van der Waals surface area (Å²) in [4.78, 5) is 16.7. The first-order valence-electron chi connectivity index (χ1n) is 8.68. The summed E-state index contributed by atoms with van der Waals surface area (Å²) in [6, 6.07) is 7.55. The minimum Gasteiger partial charge on any atom is -0.591 e. The number of fused-ring (bicyclic) bond motifs is 1. The molecule has 2 aromatic rings. The molecule has 0 amide bonds. The van der Waals surface area contributed by atoms with Crippen molar-refractivity contribution in [3.63, 3.8) is 0 Å². The number of hydrogen-bond acceptors (Lipinski definition) is 7. The van der Waals surface area contributed by atoms with Crippen LogP contribution in [0.5, 0.6) is 5.75 Å². The summed E-state index contributed by atoms with van der Waals surface area (Å²) in [5.41, 5.74) is 1.57. The first kappa shape index (κ1) is 19.9. The summed E-state index contributed by atoms with van der Waals surface area (Å²) in [5.74, 6) is 0.284. The largest absolute Gasteiger partial charge is 0.591 e. The van der Waals surface area contributed by atoms with Crippen LogP contribution in [0.25, 0.3) is 0 Å². The highest BCUT2D eigenvalue weighted by molar-refractivity contribution is 7.91. The van der Waals surface area contributed by atoms with E-state index in [1.54, 1.807) is 6.92 Å². The van der Waals surface area contributed by atoms with Crippen molar-refractivity contribution in [2.24, 2.45) is 4.40 Å². The third-order valence-electron chi connectivity index (χ3n) is 3.84. The second kappa shape index (κ2) is 8.00. The second-order valence-corrected chi connectivity index (χ2v) is 9.96. The molecule has 1 aromatic carbocycles. The Bertz CT molecular complexity index is 857. The summed E-state index contributed by atoms with van der Waals surface area (Å²) >= 11 is -0.130. The van der Waals surface area contributed by atoms with Crippen LogP contribution < -0.4 is 4.74 Å². The molecule has 1 aromatic heterocycles. The van der Waals surface area contributed by atoms with E-state index in [0.717, 1.165) is 11.3 Å². The van der Waals surface area contributed by atoms with Crippen LogP contribution in [-0.4, -0.2) is 32.6 Å². The topological polar surface area (TPSA) is 83.8 Å². The van der Waals surface area contributed by atoms with Gasteiger partial charge >= 0.3 is 5.97 Å². The van der Waals surface area contributed by atoms with E-state index in [2.05, 4.69) is 9.38 Å². The Morgan fingerprint density at radius 2 is 2.19 bits per heavy atom. The van der Waals surface area contributed by atoms with E-state index in [1.807, 2.05) is 45.0 Å². The van der Waals surface area contributed by atoms with Crippen LogP contribution in [0.15, 0.2) is 34.9 Å². The first-order valence-corrected chi connectivity index (χ1v) is 10.6. The molecule has 0 saturated carbocycles. The van der Waals surface area contributed by atoms with E-state index in [1.165, 1.54) is 17.5 Å². The fourth-order valence-electron chi connectivity index (χ4n) is 2.48. The third kappa shape index (κ3) is 4.51. The molecular formula is C19H22N2O4S2. The van der Waals surface area contributed by atoms with Crippen molar-refractivity contribution in [2.45, 2.75) is 45.0 Å². The molecule has 6 nitrogen and oxygen atoms in total. The van der Waals surface area contributed by atoms with Crippen LogP contribution in [0.3, 0.4) is 0 Å². The van der Waals surface area contributed by atoms with E-state index >= 15 is 0 Å². The molecule has 2 heterocycles. The molecule has 3 rings (SSSR count). The molecular weight excluding hydrogens is 384 g/mol. The van der Waals surface area contributed by atoms with E-state index in [0.29, 0.717) is 28.7 Å². The summed E-state index contributed by atoms with van der Waals surface area (Å²) in [6.07, 6.45) is 1.56. The molecule has 0 bridgehead atoms. The van der Waals surface area contributed by atoms with Gasteiger partial charge in [-0.2, -0.15) is 0 Å². The summed E-state index contributed by atoms with van der Waals surface area (Å²) < 4.78 is 27.7. The van der Waals surface area contributed by atoms with Gasteiger partial charge in [0.1, 0.15) is 37.5 Å². The Labute approximate surface area is 166 Å². The third-order valence-corrected chi connectivity index (χ3v) is 6.34. The van der Waals surface area contributed by atoms with Crippen molar-refractivity contribution in [2.75, 3.05) is 6.61 Å². The molecule has 2 atom stereocenters. The number of benzene rings is 1. The summed E-state index contributed by atoms with van der Waals surface area (Å²) in [6.45, 7) is 7.75. The quantitative estimate of drug-likeness (QED) is 0.564. The zero-order valence-corrected chi connectivity index (χ0v) is 17.4. The van der Waals surface area contributed by atoms with Crippen molar-refractivity contribution >= 4 is 34.4 Å². The number of carbonyl (C=O) groups excluding carboxylic acids is 1. The minimum absolute atomic E-state index is 0.314. The molecule has 8 heteroatoms. The number of carbonyl (C=O) groups is 1. The van der Waals surface area contributed by atoms with Gasteiger partial charge in [-0.1, -0.05) is 16.5 Å². The van der Waals surface area contributed by atoms with Gasteiger partial charge in [0.25, 0.3) is 0 Å². The van der Waals surface area contributed by atoms with Gasteiger partial charge in [-0.15, -0.1) is 11.3 Å². The number of hydrogen-bond donors (Lipinski definition) is 0. The molecule has 1 aliphatic heterocycles. The van der Waals surface area contributed by atoms with Crippen LogP contribution in [0.4, 0.5) is 0 Å². The molecule has 0 unspecified atom stereocenters. The Kier molecular flexibility index (Phi) is 5.88. The summed E-state index contributed by atoms with van der Waals surface area (Å²) in [5, 5.41) is 0.668. The maximum atomic E-state index is 12.6. The highest BCUT2D eigenvalue weighted by Crippen LogP contribution is 2.37. The van der Waals surface area contributed by atoms with Gasteiger partial charge in [-0.3, -0.25) is 0 Å². The van der Waals surface area contributed by atoms with Gasteiger partial charge in [0.15, 0.2) is 6.10 Å². The van der Waals surface area contributed by atoms with Crippen LogP contribution in [0, 0.1) is 0 Å². The number of aromatic nitrogens is 1. The lowest BCUT2D eigenvalue weighted by molar-refractivity contribution is 0.0532. The highest BCUT2D eigenvalue weighted by Gasteiger charge is 2.33. The lowest BCUT2D eigenvalue weighted by Gasteiger charge is -2.26. The Morgan fingerprint density at radius 3 is 2.89 bits per heavy atom. The number of esters is 1. The van der Waals surface area contributed by atoms with Crippen LogP contribution in [-0.2, 0) is 16.1 Å². The van der Waals surface area contributed by atoms with Gasteiger partial charge in [0.05, 0.1) is 12.8 Å². The smallest absolute Gasteiger partial charge is 0.349 e. The number of para-hydroxylation sites is 1. The fourth-order valence-corrected chi connectivity index (χ4v) is 3.97. The molecule has 0 fully saturated rings. The zero-order valence-electron chi connectivity index (χ0n) is 15.7. The molecule has 0 radical (unpaired) electrons. The van der Waals surface area contributed by atoms with Gasteiger partial charge in [-0.05, 0) is 39.8 Å². The summed E-state index contributed by atoms with van der Waals surface area (Å²) in [7, 11) is 0. The molecule has 0 N–H and O–H groups in total. The Balaban J connectivity index is 1.92.